The molecule has 0 aliphatic heterocycles. The van der Waals surface area contributed by atoms with E-state index in [-0.39, 0.29) is 11.3 Å². The van der Waals surface area contributed by atoms with Gasteiger partial charge >= 0.3 is 0 Å². The molecule has 5 nitrogen and oxygen atoms in total. The van der Waals surface area contributed by atoms with Crippen LogP contribution in [0.4, 0.5) is 11.4 Å². The summed E-state index contributed by atoms with van der Waals surface area (Å²) in [5.74, 6) is -0.506. The third-order valence-corrected chi connectivity index (χ3v) is 3.07. The molecule has 116 valence electrons. The fourth-order valence-electron chi connectivity index (χ4n) is 2.14. The Morgan fingerprint density at radius 3 is 2.43 bits per heavy atom. The number of rotatable bonds is 4. The van der Waals surface area contributed by atoms with Crippen LogP contribution in [-0.2, 0) is 4.79 Å². The van der Waals surface area contributed by atoms with Crippen LogP contribution in [0.25, 0.3) is 0 Å². The molecular weight excluding hydrogens is 290 g/mol. The normalized spacial score (nSPS) is 10.7. The van der Waals surface area contributed by atoms with Gasteiger partial charge in [0.05, 0.1) is 0 Å². The van der Waals surface area contributed by atoms with Gasteiger partial charge in [-0.25, -0.2) is 0 Å². The maximum absolute atomic E-state index is 12.1. The lowest BCUT2D eigenvalue weighted by Gasteiger charge is -2.07. The molecule has 0 aromatic heterocycles. The number of phenols is 1. The van der Waals surface area contributed by atoms with Gasteiger partial charge in [-0.15, -0.1) is 0 Å². The summed E-state index contributed by atoms with van der Waals surface area (Å²) in [6, 6.07) is 13.9. The van der Waals surface area contributed by atoms with Crippen LogP contribution in [0.5, 0.6) is 5.75 Å². The van der Waals surface area contributed by atoms with E-state index in [4.69, 9.17) is 5.26 Å². The first kappa shape index (κ1) is 16.1. The molecule has 0 fully saturated rings. The maximum Gasteiger partial charge on any atom is 0.267 e. The maximum atomic E-state index is 12.1. The van der Waals surface area contributed by atoms with Crippen molar-refractivity contribution in [3.63, 3.8) is 0 Å². The summed E-state index contributed by atoms with van der Waals surface area (Å²) in [4.78, 5) is 12.1. The summed E-state index contributed by atoms with van der Waals surface area (Å²) in [7, 11) is 0. The van der Waals surface area contributed by atoms with E-state index in [0.717, 1.165) is 16.8 Å². The van der Waals surface area contributed by atoms with Gasteiger partial charge in [-0.3, -0.25) is 4.79 Å². The fraction of sp³-hybridized carbons (Fsp3) is 0.111. The summed E-state index contributed by atoms with van der Waals surface area (Å²) >= 11 is 0. The third-order valence-electron chi connectivity index (χ3n) is 3.07. The minimum atomic E-state index is -0.546. The van der Waals surface area contributed by atoms with Crippen LogP contribution in [0.1, 0.15) is 11.1 Å². The molecule has 0 aliphatic carbocycles. The van der Waals surface area contributed by atoms with Gasteiger partial charge in [0.1, 0.15) is 17.4 Å². The molecule has 0 saturated heterocycles. The van der Waals surface area contributed by atoms with Crippen molar-refractivity contribution in [2.75, 3.05) is 10.6 Å². The lowest BCUT2D eigenvalue weighted by Crippen LogP contribution is -2.14. The number of carbonyl (C=O) groups excluding carboxylic acids is 1. The van der Waals surface area contributed by atoms with Crippen molar-refractivity contribution >= 4 is 17.3 Å². The number of aryl methyl sites for hydroxylation is 2. The number of anilines is 2. The molecule has 0 saturated carbocycles. The Hall–Kier alpha value is -3.26. The van der Waals surface area contributed by atoms with Crippen LogP contribution in [0.3, 0.4) is 0 Å². The Balaban J connectivity index is 2.12. The number of hydrogen-bond donors (Lipinski definition) is 3. The van der Waals surface area contributed by atoms with E-state index in [1.807, 2.05) is 38.1 Å². The van der Waals surface area contributed by atoms with Gasteiger partial charge in [0.25, 0.3) is 5.91 Å². The largest absolute Gasteiger partial charge is 0.508 e. The van der Waals surface area contributed by atoms with E-state index >= 15 is 0 Å². The number of nitrogens with zero attached hydrogens (tertiary/aromatic N) is 1. The molecule has 0 aliphatic rings. The molecule has 23 heavy (non-hydrogen) atoms. The molecule has 3 N–H and O–H groups in total. The summed E-state index contributed by atoms with van der Waals surface area (Å²) in [6.07, 6.45) is 1.37. The van der Waals surface area contributed by atoms with Crippen LogP contribution in [0.2, 0.25) is 0 Å². The van der Waals surface area contributed by atoms with Crippen molar-refractivity contribution in [3.05, 3.63) is 65.4 Å². The van der Waals surface area contributed by atoms with Crippen LogP contribution in [-0.4, -0.2) is 11.0 Å². The van der Waals surface area contributed by atoms with Gasteiger partial charge < -0.3 is 15.7 Å². The number of nitriles is 1. The molecule has 0 unspecified atom stereocenters. The molecule has 2 aromatic carbocycles. The van der Waals surface area contributed by atoms with Crippen molar-refractivity contribution in [2.24, 2.45) is 0 Å². The van der Waals surface area contributed by atoms with E-state index in [2.05, 4.69) is 10.6 Å². The quantitative estimate of drug-likeness (QED) is 0.596. The Labute approximate surface area is 134 Å². The zero-order valence-electron chi connectivity index (χ0n) is 12.9. The minimum Gasteiger partial charge on any atom is -0.508 e. The zero-order chi connectivity index (χ0) is 16.8. The van der Waals surface area contributed by atoms with Crippen LogP contribution in [0, 0.1) is 25.2 Å². The van der Waals surface area contributed by atoms with Crippen molar-refractivity contribution in [3.8, 4) is 11.8 Å². The minimum absolute atomic E-state index is 0.0404. The number of nitrogens with one attached hydrogen (secondary N) is 2. The highest BCUT2D eigenvalue weighted by Gasteiger charge is 2.09. The number of amides is 1. The zero-order valence-corrected chi connectivity index (χ0v) is 12.9. The Morgan fingerprint density at radius 1 is 1.13 bits per heavy atom. The summed E-state index contributed by atoms with van der Waals surface area (Å²) < 4.78 is 0. The summed E-state index contributed by atoms with van der Waals surface area (Å²) in [5.41, 5.74) is 3.34. The molecule has 1 amide bonds. The first-order valence-electron chi connectivity index (χ1n) is 7.03. The van der Waals surface area contributed by atoms with Gasteiger partial charge in [0, 0.05) is 23.6 Å². The first-order chi connectivity index (χ1) is 11.0. The van der Waals surface area contributed by atoms with Gasteiger partial charge in [0.2, 0.25) is 0 Å². The molecule has 5 heteroatoms. The monoisotopic (exact) mass is 307 g/mol. The smallest absolute Gasteiger partial charge is 0.267 e. The van der Waals surface area contributed by atoms with Crippen molar-refractivity contribution in [2.45, 2.75) is 13.8 Å². The Kier molecular flexibility index (Phi) is 5.00. The molecule has 0 radical (unpaired) electrons. The Bertz CT molecular complexity index is 784. The SMILES string of the molecule is Cc1cc(C)cc(N/C=C(/C#N)C(=O)Nc2cccc(O)c2)c1. The number of aromatic hydroxyl groups is 1. The van der Waals surface area contributed by atoms with Crippen LogP contribution >= 0.6 is 0 Å². The summed E-state index contributed by atoms with van der Waals surface area (Å²) in [5, 5.41) is 24.1. The number of carbonyl (C=O) groups is 1. The number of phenolic OH excluding ortho intramolecular Hbond substituents is 1. The molecule has 2 aromatic rings. The van der Waals surface area contributed by atoms with E-state index in [1.165, 1.54) is 18.3 Å². The molecule has 0 heterocycles. The van der Waals surface area contributed by atoms with E-state index in [1.54, 1.807) is 12.1 Å². The first-order valence-corrected chi connectivity index (χ1v) is 7.03. The van der Waals surface area contributed by atoms with Gasteiger partial charge in [-0.1, -0.05) is 12.1 Å². The third kappa shape index (κ3) is 4.61. The average Bonchev–Trinajstić information content (AvgIpc) is 2.46. The summed E-state index contributed by atoms with van der Waals surface area (Å²) in [6.45, 7) is 3.95. The van der Waals surface area contributed by atoms with E-state index < -0.39 is 5.91 Å². The number of benzene rings is 2. The van der Waals surface area contributed by atoms with Crippen molar-refractivity contribution in [1.82, 2.24) is 0 Å². The molecule has 0 atom stereocenters. The second-order valence-corrected chi connectivity index (χ2v) is 5.19. The second kappa shape index (κ2) is 7.14. The fourth-order valence-corrected chi connectivity index (χ4v) is 2.14. The van der Waals surface area contributed by atoms with Crippen molar-refractivity contribution < 1.29 is 9.90 Å². The standard InChI is InChI=1S/C18H17N3O2/c1-12-6-13(2)8-16(7-12)20-11-14(10-19)18(23)21-15-4-3-5-17(22)9-15/h3-9,11,20,22H,1-2H3,(H,21,23)/b14-11-. The van der Waals surface area contributed by atoms with Gasteiger partial charge in [-0.05, 0) is 49.2 Å². The lowest BCUT2D eigenvalue weighted by atomic mass is 10.1. The van der Waals surface area contributed by atoms with E-state index in [0.29, 0.717) is 5.69 Å². The highest BCUT2D eigenvalue weighted by Crippen LogP contribution is 2.17. The Morgan fingerprint density at radius 2 is 1.83 bits per heavy atom. The van der Waals surface area contributed by atoms with E-state index in [9.17, 15) is 9.90 Å². The van der Waals surface area contributed by atoms with Crippen molar-refractivity contribution in [1.29, 1.82) is 5.26 Å². The van der Waals surface area contributed by atoms with Gasteiger partial charge in [0.15, 0.2) is 0 Å². The lowest BCUT2D eigenvalue weighted by molar-refractivity contribution is -0.112. The number of hydrogen-bond acceptors (Lipinski definition) is 4. The molecule has 0 bridgehead atoms. The van der Waals surface area contributed by atoms with Crippen LogP contribution in [0.15, 0.2) is 54.2 Å². The highest BCUT2D eigenvalue weighted by molar-refractivity contribution is 6.06. The van der Waals surface area contributed by atoms with Crippen LogP contribution < -0.4 is 10.6 Å². The molecule has 0 spiro atoms. The highest BCUT2D eigenvalue weighted by atomic mass is 16.3. The van der Waals surface area contributed by atoms with Gasteiger partial charge in [-0.2, -0.15) is 5.26 Å². The predicted octanol–water partition coefficient (Wildman–Crippen LogP) is 3.47. The average molecular weight is 307 g/mol. The molecule has 2 rings (SSSR count). The predicted molar refractivity (Wildman–Crippen MR) is 90.0 cm³/mol. The second-order valence-electron chi connectivity index (χ2n) is 5.19. The topological polar surface area (TPSA) is 85.2 Å². The molecular formula is C18H17N3O2.